The maximum Gasteiger partial charge on any atom is 0.350 e. The summed E-state index contributed by atoms with van der Waals surface area (Å²) in [6, 6.07) is 1.18. The molecule has 0 aliphatic carbocycles. The van der Waals surface area contributed by atoms with Crippen LogP contribution >= 0.6 is 11.6 Å². The maximum atomic E-state index is 13.4. The average Bonchev–Trinajstić information content (AvgIpc) is 2.28. The Hall–Kier alpha value is -1.43. The van der Waals surface area contributed by atoms with Gasteiger partial charge in [0.05, 0.1) is 5.52 Å². The Morgan fingerprint density at radius 1 is 1.28 bits per heavy atom. The molecule has 1 aromatic carbocycles. The summed E-state index contributed by atoms with van der Waals surface area (Å²) in [6.07, 6.45) is 1.27. The van der Waals surface area contributed by atoms with Crippen LogP contribution in [0.2, 0.25) is 18.8 Å². The molecule has 0 aliphatic rings. The number of benzene rings is 1. The summed E-state index contributed by atoms with van der Waals surface area (Å²) in [4.78, 5) is 7.76. The van der Waals surface area contributed by atoms with Crippen LogP contribution in [0.4, 0.5) is 8.78 Å². The molecule has 2 rings (SSSR count). The molecular weight excluding hydrogens is 260 g/mol. The van der Waals surface area contributed by atoms with E-state index < -0.39 is 12.7 Å². The van der Waals surface area contributed by atoms with Crippen molar-refractivity contribution in [1.29, 1.82) is 0 Å². The third-order valence-corrected chi connectivity index (χ3v) is 2.79. The Labute approximate surface area is 108 Å². The standard InChI is InChI=1S/C11H10BClF2N2O/c1-12(2)11(14,15)18-7-3-4-8-9(5-7)16-6-17-10(8)13/h3-6H,1-2H3. The highest BCUT2D eigenvalue weighted by atomic mass is 35.5. The van der Waals surface area contributed by atoms with Crippen LogP contribution in [0.15, 0.2) is 24.5 Å². The summed E-state index contributed by atoms with van der Waals surface area (Å²) >= 11 is 5.85. The number of nitrogens with zero attached hydrogens (tertiary/aromatic N) is 2. The van der Waals surface area contributed by atoms with Gasteiger partial charge in [0.25, 0.3) is 6.71 Å². The molecule has 0 aliphatic heterocycles. The largest absolute Gasteiger partial charge is 0.440 e. The van der Waals surface area contributed by atoms with E-state index in [4.69, 9.17) is 11.6 Å². The van der Waals surface area contributed by atoms with Crippen molar-refractivity contribution in [3.8, 4) is 5.75 Å². The summed E-state index contributed by atoms with van der Waals surface area (Å²) in [5.41, 5.74) is 0.465. The quantitative estimate of drug-likeness (QED) is 0.632. The molecule has 3 nitrogen and oxygen atoms in total. The summed E-state index contributed by atoms with van der Waals surface area (Å²) in [5.74, 6) is 0.0518. The second kappa shape index (κ2) is 4.68. The van der Waals surface area contributed by atoms with Gasteiger partial charge in [-0.2, -0.15) is 8.78 Å². The van der Waals surface area contributed by atoms with Crippen molar-refractivity contribution in [3.63, 3.8) is 0 Å². The van der Waals surface area contributed by atoms with Crippen LogP contribution in [0.5, 0.6) is 5.75 Å². The first-order chi connectivity index (χ1) is 8.40. The van der Waals surface area contributed by atoms with E-state index in [1.807, 2.05) is 0 Å². The Bertz CT molecular complexity index is 580. The van der Waals surface area contributed by atoms with Crippen LogP contribution in [-0.4, -0.2) is 22.7 Å². The highest BCUT2D eigenvalue weighted by molar-refractivity contribution is 6.58. The topological polar surface area (TPSA) is 35.0 Å². The minimum absolute atomic E-state index is 0.0518. The van der Waals surface area contributed by atoms with Crippen LogP contribution < -0.4 is 4.74 Å². The average molecular weight is 270 g/mol. The van der Waals surface area contributed by atoms with Gasteiger partial charge in [-0.15, -0.1) is 0 Å². The van der Waals surface area contributed by atoms with Crippen molar-refractivity contribution < 1.29 is 13.5 Å². The molecule has 18 heavy (non-hydrogen) atoms. The minimum Gasteiger partial charge on any atom is -0.440 e. The number of fused-ring (bicyclic) bond motifs is 1. The Morgan fingerprint density at radius 3 is 2.67 bits per heavy atom. The van der Waals surface area contributed by atoms with Crippen molar-refractivity contribution in [2.75, 3.05) is 0 Å². The van der Waals surface area contributed by atoms with E-state index in [0.29, 0.717) is 10.9 Å². The molecule has 2 aromatic rings. The van der Waals surface area contributed by atoms with Gasteiger partial charge < -0.3 is 4.74 Å². The molecule has 0 saturated heterocycles. The van der Waals surface area contributed by atoms with Gasteiger partial charge in [-0.25, -0.2) is 9.97 Å². The van der Waals surface area contributed by atoms with Gasteiger partial charge in [0, 0.05) is 11.5 Å². The lowest BCUT2D eigenvalue weighted by atomic mass is 9.53. The summed E-state index contributed by atoms with van der Waals surface area (Å²) in [6.45, 7) is 1.86. The van der Waals surface area contributed by atoms with Crippen LogP contribution in [0.25, 0.3) is 10.9 Å². The van der Waals surface area contributed by atoms with E-state index in [0.717, 1.165) is 0 Å². The molecule has 0 saturated carbocycles. The lowest BCUT2D eigenvalue weighted by Gasteiger charge is -2.20. The Balaban J connectivity index is 2.37. The number of hydrogen-bond acceptors (Lipinski definition) is 3. The van der Waals surface area contributed by atoms with E-state index in [9.17, 15) is 8.78 Å². The second-order valence-corrected chi connectivity index (χ2v) is 4.52. The van der Waals surface area contributed by atoms with Crippen molar-refractivity contribution in [3.05, 3.63) is 29.7 Å². The first-order valence-electron chi connectivity index (χ1n) is 5.37. The van der Waals surface area contributed by atoms with Crippen molar-refractivity contribution >= 4 is 29.2 Å². The zero-order valence-corrected chi connectivity index (χ0v) is 10.6. The van der Waals surface area contributed by atoms with Gasteiger partial charge in [0.1, 0.15) is 17.2 Å². The molecule has 0 radical (unpaired) electrons. The smallest absolute Gasteiger partial charge is 0.350 e. The van der Waals surface area contributed by atoms with Crippen LogP contribution in [0.1, 0.15) is 0 Å². The lowest BCUT2D eigenvalue weighted by Crippen LogP contribution is -2.38. The van der Waals surface area contributed by atoms with E-state index in [1.165, 1.54) is 32.1 Å². The molecule has 0 amide bonds. The second-order valence-electron chi connectivity index (χ2n) is 4.16. The monoisotopic (exact) mass is 270 g/mol. The van der Waals surface area contributed by atoms with Crippen LogP contribution in [0.3, 0.4) is 0 Å². The number of aromatic nitrogens is 2. The predicted molar refractivity (Wildman–Crippen MR) is 67.6 cm³/mol. The lowest BCUT2D eigenvalue weighted by molar-refractivity contribution is -0.104. The molecule has 0 N–H and O–H groups in total. The molecule has 0 fully saturated rings. The van der Waals surface area contributed by atoms with Gasteiger partial charge in [-0.3, -0.25) is 0 Å². The van der Waals surface area contributed by atoms with Gasteiger partial charge >= 0.3 is 6.01 Å². The van der Waals surface area contributed by atoms with Gasteiger partial charge in [0.15, 0.2) is 0 Å². The normalized spacial score (nSPS) is 11.6. The predicted octanol–water partition coefficient (Wildman–Crippen LogP) is 3.55. The number of alkyl halides is 2. The van der Waals surface area contributed by atoms with E-state index in [2.05, 4.69) is 14.7 Å². The van der Waals surface area contributed by atoms with E-state index >= 15 is 0 Å². The maximum absolute atomic E-state index is 13.4. The zero-order valence-electron chi connectivity index (χ0n) is 9.82. The molecule has 1 aromatic heterocycles. The molecule has 94 valence electrons. The summed E-state index contributed by atoms with van der Waals surface area (Å²) in [7, 11) is 0. The molecular formula is C11H10BClF2N2O. The number of rotatable bonds is 3. The molecule has 7 heteroatoms. The minimum atomic E-state index is -3.22. The fourth-order valence-corrected chi connectivity index (χ4v) is 1.55. The Morgan fingerprint density at radius 2 is 2.00 bits per heavy atom. The van der Waals surface area contributed by atoms with Crippen molar-refractivity contribution in [2.45, 2.75) is 19.7 Å². The Kier molecular flexibility index (Phi) is 3.39. The summed E-state index contributed by atoms with van der Waals surface area (Å²) < 4.78 is 31.5. The molecule has 0 unspecified atom stereocenters. The third-order valence-electron chi connectivity index (χ3n) is 2.49. The number of ether oxygens (including phenoxy) is 1. The van der Waals surface area contributed by atoms with E-state index in [1.54, 1.807) is 6.07 Å². The molecule has 0 bridgehead atoms. The fraction of sp³-hybridized carbons (Fsp3) is 0.273. The highest BCUT2D eigenvalue weighted by Gasteiger charge is 2.38. The van der Waals surface area contributed by atoms with Gasteiger partial charge in [-0.05, 0) is 12.1 Å². The SMILES string of the molecule is CB(C)C(F)(F)Oc1ccc2c(Cl)ncnc2c1. The highest BCUT2D eigenvalue weighted by Crippen LogP contribution is 2.28. The van der Waals surface area contributed by atoms with Crippen molar-refractivity contribution in [2.24, 2.45) is 0 Å². The van der Waals surface area contributed by atoms with Gasteiger partial charge in [0.2, 0.25) is 0 Å². The fourth-order valence-electron chi connectivity index (χ4n) is 1.34. The number of hydrogen-bond donors (Lipinski definition) is 0. The first-order valence-corrected chi connectivity index (χ1v) is 5.75. The van der Waals surface area contributed by atoms with Crippen molar-refractivity contribution in [1.82, 2.24) is 9.97 Å². The van der Waals surface area contributed by atoms with E-state index in [-0.39, 0.29) is 10.9 Å². The summed E-state index contributed by atoms with van der Waals surface area (Å²) in [5, 5.41) is 0.876. The molecule has 0 spiro atoms. The first kappa shape index (κ1) is 13.0. The molecule has 0 atom stereocenters. The molecule has 1 heterocycles. The third kappa shape index (κ3) is 2.53. The number of halogens is 3. The van der Waals surface area contributed by atoms with Crippen LogP contribution in [-0.2, 0) is 0 Å². The van der Waals surface area contributed by atoms with Crippen LogP contribution in [0, 0.1) is 0 Å². The zero-order chi connectivity index (χ0) is 13.3. The van der Waals surface area contributed by atoms with Gasteiger partial charge in [-0.1, -0.05) is 25.2 Å².